The Labute approximate surface area is 195 Å². The fourth-order valence-corrected chi connectivity index (χ4v) is 3.46. The van der Waals surface area contributed by atoms with E-state index in [9.17, 15) is 9.65 Å². The number of allylic oxidation sites excluding steroid dienone is 1. The zero-order valence-corrected chi connectivity index (χ0v) is 18.7. The average molecular weight is 477 g/mol. The van der Waals surface area contributed by atoms with Gasteiger partial charge in [0.05, 0.1) is 33.3 Å². The molecule has 0 bridgehead atoms. The van der Waals surface area contributed by atoms with Crippen LogP contribution in [0.4, 0.5) is 4.39 Å². The topological polar surface area (TPSA) is 42.2 Å². The molecule has 3 rings (SSSR count). The van der Waals surface area contributed by atoms with Crippen LogP contribution in [0.5, 0.6) is 11.5 Å². The predicted octanol–water partition coefficient (Wildman–Crippen LogP) is 7.83. The molecule has 0 saturated carbocycles. The maximum Gasteiger partial charge on any atom is 0.180 e. The monoisotopic (exact) mass is 475 g/mol. The number of hydrogen-bond donors (Lipinski definition) is 0. The van der Waals surface area contributed by atoms with Crippen LogP contribution in [0, 0.1) is 17.1 Å². The van der Waals surface area contributed by atoms with Crippen LogP contribution in [0.25, 0.3) is 11.6 Å². The molecule has 0 fully saturated rings. The van der Waals surface area contributed by atoms with Crippen molar-refractivity contribution in [3.05, 3.63) is 92.2 Å². The second-order valence-corrected chi connectivity index (χ2v) is 7.70. The molecule has 0 atom stereocenters. The van der Waals surface area contributed by atoms with Crippen LogP contribution in [0.1, 0.15) is 23.6 Å². The van der Waals surface area contributed by atoms with E-state index in [1.165, 1.54) is 12.1 Å². The summed E-state index contributed by atoms with van der Waals surface area (Å²) in [6.07, 6.45) is 1.62. The lowest BCUT2D eigenvalue weighted by molar-refractivity contribution is 0.269. The first kappa shape index (κ1) is 23.0. The van der Waals surface area contributed by atoms with E-state index >= 15 is 0 Å². The molecule has 0 amide bonds. The Hall–Kier alpha value is -2.71. The van der Waals surface area contributed by atoms with Crippen molar-refractivity contribution in [1.29, 1.82) is 5.26 Å². The van der Waals surface area contributed by atoms with Gasteiger partial charge in [-0.05, 0) is 66.1 Å². The van der Waals surface area contributed by atoms with Gasteiger partial charge in [-0.15, -0.1) is 0 Å². The van der Waals surface area contributed by atoms with Gasteiger partial charge < -0.3 is 9.47 Å². The Balaban J connectivity index is 1.92. The van der Waals surface area contributed by atoms with E-state index in [2.05, 4.69) is 6.07 Å². The van der Waals surface area contributed by atoms with Crippen molar-refractivity contribution in [3.63, 3.8) is 0 Å². The molecule has 3 nitrogen and oxygen atoms in total. The summed E-state index contributed by atoms with van der Waals surface area (Å²) < 4.78 is 25.1. The third-order valence-corrected chi connectivity index (χ3v) is 5.29. The summed E-state index contributed by atoms with van der Waals surface area (Å²) in [4.78, 5) is 0. The summed E-state index contributed by atoms with van der Waals surface area (Å²) in [6.45, 7) is 2.44. The summed E-state index contributed by atoms with van der Waals surface area (Å²) in [7, 11) is 0. The summed E-state index contributed by atoms with van der Waals surface area (Å²) in [5, 5.41) is 10.7. The Morgan fingerprint density at radius 3 is 2.48 bits per heavy atom. The first-order valence-corrected chi connectivity index (χ1v) is 10.5. The summed E-state index contributed by atoms with van der Waals surface area (Å²) in [5.41, 5.74) is 2.20. The minimum atomic E-state index is -0.419. The number of ether oxygens (including phenoxy) is 2. The molecular weight excluding hydrogens is 460 g/mol. The largest absolute Gasteiger partial charge is 0.490 e. The quantitative estimate of drug-likeness (QED) is 0.258. The van der Waals surface area contributed by atoms with Gasteiger partial charge in [0.2, 0.25) is 0 Å². The maximum absolute atomic E-state index is 13.5. The second-order valence-electron chi connectivity index (χ2n) is 6.48. The van der Waals surface area contributed by atoms with E-state index in [1.54, 1.807) is 48.5 Å². The lowest BCUT2D eigenvalue weighted by Gasteiger charge is -2.15. The average Bonchev–Trinajstić information content (AvgIpc) is 2.74. The fourth-order valence-electron chi connectivity index (χ4n) is 2.86. The Morgan fingerprint density at radius 1 is 1.00 bits per heavy atom. The van der Waals surface area contributed by atoms with Gasteiger partial charge in [0.1, 0.15) is 12.4 Å². The van der Waals surface area contributed by atoms with Crippen molar-refractivity contribution in [2.24, 2.45) is 0 Å². The molecule has 0 N–H and O–H groups in total. The highest BCUT2D eigenvalue weighted by Gasteiger charge is 2.14. The van der Waals surface area contributed by atoms with Crippen molar-refractivity contribution >= 4 is 46.5 Å². The van der Waals surface area contributed by atoms with Crippen LogP contribution in [0.2, 0.25) is 15.1 Å². The highest BCUT2D eigenvalue weighted by Crippen LogP contribution is 2.38. The van der Waals surface area contributed by atoms with Gasteiger partial charge in [0.25, 0.3) is 0 Å². The van der Waals surface area contributed by atoms with Crippen molar-refractivity contribution < 1.29 is 13.9 Å². The number of nitrogens with zero attached hydrogens (tertiary/aromatic N) is 1. The Bertz CT molecular complexity index is 1170. The minimum absolute atomic E-state index is 0.207. The van der Waals surface area contributed by atoms with Crippen molar-refractivity contribution in [2.75, 3.05) is 6.61 Å². The maximum atomic E-state index is 13.5. The van der Waals surface area contributed by atoms with Crippen LogP contribution < -0.4 is 9.47 Å². The van der Waals surface area contributed by atoms with E-state index in [1.807, 2.05) is 6.92 Å². The van der Waals surface area contributed by atoms with E-state index < -0.39 is 5.82 Å². The van der Waals surface area contributed by atoms with Crippen LogP contribution in [0.3, 0.4) is 0 Å². The molecule has 3 aromatic carbocycles. The molecule has 0 radical (unpaired) electrons. The van der Waals surface area contributed by atoms with Crippen molar-refractivity contribution in [1.82, 2.24) is 0 Å². The van der Waals surface area contributed by atoms with Gasteiger partial charge in [-0.3, -0.25) is 0 Å². The zero-order chi connectivity index (χ0) is 22.4. The van der Waals surface area contributed by atoms with Gasteiger partial charge in [0.15, 0.2) is 11.5 Å². The number of hydrogen-bond acceptors (Lipinski definition) is 3. The SMILES string of the molecule is CCOc1cc(/C=C(/C#N)c2cccc(F)c2)cc(Cl)c1OCc1ccc(Cl)c(Cl)c1. The Kier molecular flexibility index (Phi) is 7.81. The smallest absolute Gasteiger partial charge is 0.180 e. The molecule has 31 heavy (non-hydrogen) atoms. The van der Waals surface area contributed by atoms with E-state index in [0.29, 0.717) is 49.9 Å². The molecule has 0 unspecified atom stereocenters. The van der Waals surface area contributed by atoms with Crippen LogP contribution >= 0.6 is 34.8 Å². The first-order chi connectivity index (χ1) is 14.9. The lowest BCUT2D eigenvalue weighted by atomic mass is 10.0. The molecule has 158 valence electrons. The lowest BCUT2D eigenvalue weighted by Crippen LogP contribution is -2.01. The predicted molar refractivity (Wildman–Crippen MR) is 123 cm³/mol. The van der Waals surface area contributed by atoms with E-state index in [4.69, 9.17) is 44.3 Å². The molecule has 0 aliphatic heterocycles. The number of nitriles is 1. The molecular formula is C24H17Cl3FNO2. The molecule has 0 aliphatic carbocycles. The highest BCUT2D eigenvalue weighted by atomic mass is 35.5. The highest BCUT2D eigenvalue weighted by molar-refractivity contribution is 6.42. The van der Waals surface area contributed by atoms with E-state index in [0.717, 1.165) is 5.56 Å². The molecule has 0 saturated heterocycles. The van der Waals surface area contributed by atoms with Gasteiger partial charge in [-0.2, -0.15) is 5.26 Å². The van der Waals surface area contributed by atoms with E-state index in [-0.39, 0.29) is 6.61 Å². The normalized spacial score (nSPS) is 11.2. The van der Waals surface area contributed by atoms with Gasteiger partial charge >= 0.3 is 0 Å². The zero-order valence-electron chi connectivity index (χ0n) is 16.5. The minimum Gasteiger partial charge on any atom is -0.490 e. The van der Waals surface area contributed by atoms with Crippen molar-refractivity contribution in [2.45, 2.75) is 13.5 Å². The van der Waals surface area contributed by atoms with Gasteiger partial charge in [-0.25, -0.2) is 4.39 Å². The first-order valence-electron chi connectivity index (χ1n) is 9.32. The number of halogens is 4. The third-order valence-electron chi connectivity index (χ3n) is 4.27. The summed E-state index contributed by atoms with van der Waals surface area (Å²) >= 11 is 18.5. The van der Waals surface area contributed by atoms with Gasteiger partial charge in [-0.1, -0.05) is 53.0 Å². The molecule has 0 aromatic heterocycles. The fraction of sp³-hybridized carbons (Fsp3) is 0.125. The molecule has 0 heterocycles. The van der Waals surface area contributed by atoms with Crippen molar-refractivity contribution in [3.8, 4) is 17.6 Å². The van der Waals surface area contributed by atoms with Gasteiger partial charge in [0, 0.05) is 0 Å². The Morgan fingerprint density at radius 2 is 1.81 bits per heavy atom. The molecule has 0 aliphatic rings. The number of rotatable bonds is 7. The summed E-state index contributed by atoms with van der Waals surface area (Å²) in [5.74, 6) is 0.381. The third kappa shape index (κ3) is 5.92. The standard InChI is InChI=1S/C24H17Cl3FNO2/c1-2-30-23-11-16(8-18(13-29)17-4-3-5-19(28)12-17)10-22(27)24(23)31-14-15-6-7-20(25)21(26)9-15/h3-12H,2,14H2,1H3/b18-8-. The van der Waals surface area contributed by atoms with Crippen LogP contribution in [0.15, 0.2) is 54.6 Å². The van der Waals surface area contributed by atoms with Crippen LogP contribution in [-0.4, -0.2) is 6.61 Å². The summed E-state index contributed by atoms with van der Waals surface area (Å²) in [6, 6.07) is 16.5. The molecule has 3 aromatic rings. The molecule has 7 heteroatoms. The number of benzene rings is 3. The second kappa shape index (κ2) is 10.5. The van der Waals surface area contributed by atoms with Crippen LogP contribution in [-0.2, 0) is 6.61 Å². The molecule has 0 spiro atoms.